The van der Waals surface area contributed by atoms with Crippen LogP contribution in [-0.2, 0) is 6.61 Å². The fourth-order valence-electron chi connectivity index (χ4n) is 7.86. The van der Waals surface area contributed by atoms with E-state index in [4.69, 9.17) is 24.4 Å². The average Bonchev–Trinajstić information content (AvgIpc) is 4.06. The van der Waals surface area contributed by atoms with Crippen LogP contribution in [0.2, 0.25) is 0 Å². The molecule has 2 aliphatic rings. The molecule has 4 atom stereocenters. The van der Waals surface area contributed by atoms with Crippen LogP contribution in [0.3, 0.4) is 0 Å². The molecule has 2 saturated carbocycles. The van der Waals surface area contributed by atoms with Crippen molar-refractivity contribution in [3.8, 4) is 11.5 Å². The van der Waals surface area contributed by atoms with E-state index in [-0.39, 0.29) is 34.8 Å². The Morgan fingerprint density at radius 3 is 2.40 bits per heavy atom. The summed E-state index contributed by atoms with van der Waals surface area (Å²) in [5.41, 5.74) is 8.99. The first-order valence-electron chi connectivity index (χ1n) is 17.5. The highest BCUT2D eigenvalue weighted by molar-refractivity contribution is 5.52. The van der Waals surface area contributed by atoms with E-state index >= 15 is 0 Å². The summed E-state index contributed by atoms with van der Waals surface area (Å²) < 4.78 is 18.9. The molecule has 2 fully saturated rings. The monoisotopic (exact) mass is 690 g/mol. The van der Waals surface area contributed by atoms with Crippen LogP contribution in [0.25, 0.3) is 22.6 Å². The van der Waals surface area contributed by atoms with Crippen LogP contribution in [0.1, 0.15) is 76.0 Å². The smallest absolute Gasteiger partial charge is 0.261 e. The van der Waals surface area contributed by atoms with Crippen LogP contribution >= 0.6 is 0 Å². The standard InChI is InChI=1S/C40H34N8O4/c1-22-37(29-18-30(29)38-23(2)46-13-9-25(51-3)15-36(46)44-38)40(50)48-12-7-24(14-35(48)42-22)21-52-26-8-11-45-20-32(43-34(45)16-26)28-17-27(28)31-19-41-33-6-4-5-10-47(33)39(31)49/h4-16,19-20,27-30H,17-18,21H2,1-3H3. The van der Waals surface area contributed by atoms with E-state index in [9.17, 15) is 9.59 Å². The van der Waals surface area contributed by atoms with Gasteiger partial charge >= 0.3 is 0 Å². The average molecular weight is 691 g/mol. The van der Waals surface area contributed by atoms with E-state index in [0.29, 0.717) is 23.7 Å². The van der Waals surface area contributed by atoms with E-state index in [1.165, 1.54) is 0 Å². The zero-order valence-electron chi connectivity index (χ0n) is 28.8. The molecule has 8 aromatic heterocycles. The van der Waals surface area contributed by atoms with Crippen molar-refractivity contribution in [3.63, 3.8) is 0 Å². The fraction of sp³-hybridized carbons (Fsp3) is 0.250. The molecule has 52 heavy (non-hydrogen) atoms. The van der Waals surface area contributed by atoms with Crippen LogP contribution in [0, 0.1) is 13.8 Å². The van der Waals surface area contributed by atoms with Gasteiger partial charge in [0.1, 0.15) is 40.7 Å². The van der Waals surface area contributed by atoms with Gasteiger partial charge in [-0.25, -0.2) is 19.9 Å². The Kier molecular flexibility index (Phi) is 6.66. The molecule has 0 amide bonds. The lowest BCUT2D eigenvalue weighted by Gasteiger charge is -2.10. The molecule has 8 aromatic rings. The first kappa shape index (κ1) is 30.5. The molecule has 0 spiro atoms. The van der Waals surface area contributed by atoms with Crippen molar-refractivity contribution < 1.29 is 9.47 Å². The Morgan fingerprint density at radius 1 is 0.731 bits per heavy atom. The van der Waals surface area contributed by atoms with Gasteiger partial charge in [0.2, 0.25) is 0 Å². The van der Waals surface area contributed by atoms with Gasteiger partial charge in [0.15, 0.2) is 0 Å². The van der Waals surface area contributed by atoms with Crippen molar-refractivity contribution in [1.82, 2.24) is 37.5 Å². The van der Waals surface area contributed by atoms with Gasteiger partial charge in [-0.05, 0) is 74.6 Å². The highest BCUT2D eigenvalue weighted by atomic mass is 16.5. The third-order valence-corrected chi connectivity index (χ3v) is 10.8. The number of fused-ring (bicyclic) bond motifs is 4. The second-order valence-electron chi connectivity index (χ2n) is 14.0. The highest BCUT2D eigenvalue weighted by Crippen LogP contribution is 2.55. The third kappa shape index (κ3) is 4.89. The first-order valence-corrected chi connectivity index (χ1v) is 17.5. The highest BCUT2D eigenvalue weighted by Gasteiger charge is 2.45. The Labute approximate surface area is 296 Å². The number of nitrogens with zero attached hydrogens (tertiary/aromatic N) is 8. The summed E-state index contributed by atoms with van der Waals surface area (Å²) in [5, 5.41) is 0. The van der Waals surface area contributed by atoms with Gasteiger partial charge in [0.25, 0.3) is 11.1 Å². The molecule has 0 bridgehead atoms. The quantitative estimate of drug-likeness (QED) is 0.198. The van der Waals surface area contributed by atoms with Crippen molar-refractivity contribution in [2.45, 2.75) is 57.0 Å². The second-order valence-corrected chi connectivity index (χ2v) is 14.0. The van der Waals surface area contributed by atoms with Gasteiger partial charge in [-0.3, -0.25) is 18.4 Å². The molecular weight excluding hydrogens is 656 g/mol. The van der Waals surface area contributed by atoms with Crippen LogP contribution in [-0.4, -0.2) is 44.6 Å². The minimum Gasteiger partial charge on any atom is -0.497 e. The number of rotatable bonds is 8. The number of ether oxygens (including phenoxy) is 2. The molecule has 4 unspecified atom stereocenters. The maximum absolute atomic E-state index is 13.8. The van der Waals surface area contributed by atoms with Crippen molar-refractivity contribution >= 4 is 22.6 Å². The number of aromatic nitrogens is 8. The maximum atomic E-state index is 13.8. The van der Waals surface area contributed by atoms with Crippen LogP contribution < -0.4 is 20.6 Å². The van der Waals surface area contributed by atoms with Crippen LogP contribution in [0.15, 0.2) is 101 Å². The second kappa shape index (κ2) is 11.4. The first-order chi connectivity index (χ1) is 25.3. The molecular formula is C40H34N8O4. The van der Waals surface area contributed by atoms with E-state index in [1.807, 2.05) is 84.5 Å². The summed E-state index contributed by atoms with van der Waals surface area (Å²) >= 11 is 0. The summed E-state index contributed by atoms with van der Waals surface area (Å²) in [6, 6.07) is 17.1. The van der Waals surface area contributed by atoms with Gasteiger partial charge in [-0.1, -0.05) is 6.07 Å². The molecule has 0 aromatic carbocycles. The van der Waals surface area contributed by atoms with Gasteiger partial charge in [-0.2, -0.15) is 0 Å². The number of methoxy groups -OCH3 is 1. The molecule has 2 aliphatic carbocycles. The number of pyridine rings is 4. The lowest BCUT2D eigenvalue weighted by molar-refractivity contribution is 0.306. The molecule has 12 heteroatoms. The van der Waals surface area contributed by atoms with Gasteiger partial charge in [-0.15, -0.1) is 0 Å². The summed E-state index contributed by atoms with van der Waals surface area (Å²) in [7, 11) is 1.65. The zero-order valence-corrected chi connectivity index (χ0v) is 28.8. The fourth-order valence-corrected chi connectivity index (χ4v) is 7.86. The van der Waals surface area contributed by atoms with E-state index in [0.717, 1.165) is 69.4 Å². The van der Waals surface area contributed by atoms with Crippen molar-refractivity contribution in [3.05, 3.63) is 152 Å². The van der Waals surface area contributed by atoms with Crippen molar-refractivity contribution in [2.75, 3.05) is 7.11 Å². The molecule has 258 valence electrons. The Hall–Kier alpha value is -6.30. The predicted octanol–water partition coefficient (Wildman–Crippen LogP) is 5.74. The Bertz CT molecular complexity index is 2870. The van der Waals surface area contributed by atoms with E-state index in [2.05, 4.69) is 16.3 Å². The van der Waals surface area contributed by atoms with Crippen molar-refractivity contribution in [2.24, 2.45) is 0 Å². The Balaban J connectivity index is 0.844. The lowest BCUT2D eigenvalue weighted by atomic mass is 10.1. The number of hydrogen-bond acceptors (Lipinski definition) is 8. The van der Waals surface area contributed by atoms with E-state index < -0.39 is 0 Å². The Morgan fingerprint density at radius 2 is 1.52 bits per heavy atom. The number of imidazole rings is 2. The van der Waals surface area contributed by atoms with E-state index in [1.54, 1.807) is 34.5 Å². The topological polar surface area (TPSA) is 122 Å². The van der Waals surface area contributed by atoms with Crippen molar-refractivity contribution in [1.29, 1.82) is 0 Å². The van der Waals surface area contributed by atoms with Crippen LogP contribution in [0.4, 0.5) is 0 Å². The summed E-state index contributed by atoms with van der Waals surface area (Å²) in [5.74, 6) is 1.97. The minimum atomic E-state index is -0.0360. The SMILES string of the molecule is COc1ccn2c(C)c(C3CC3c3c(C)nc4cc(COc5ccn6cc(C7CC7c7cnc8ccccn8c7=O)nc6c5)ccn4c3=O)nc2c1. The summed E-state index contributed by atoms with van der Waals surface area (Å²) in [6.07, 6.45) is 12.9. The molecule has 8 heterocycles. The van der Waals surface area contributed by atoms with Crippen LogP contribution in [0.5, 0.6) is 11.5 Å². The lowest BCUT2D eigenvalue weighted by Crippen LogP contribution is -2.21. The largest absolute Gasteiger partial charge is 0.497 e. The molecule has 10 rings (SSSR count). The zero-order chi connectivity index (χ0) is 35.2. The number of aryl methyl sites for hydroxylation is 2. The molecule has 0 aliphatic heterocycles. The normalized spacial score (nSPS) is 19.5. The number of hydrogen-bond donors (Lipinski definition) is 0. The minimum absolute atomic E-state index is 0.0186. The van der Waals surface area contributed by atoms with Gasteiger partial charge in [0.05, 0.1) is 18.5 Å². The summed E-state index contributed by atoms with van der Waals surface area (Å²) in [4.78, 5) is 46.1. The third-order valence-electron chi connectivity index (χ3n) is 10.8. The summed E-state index contributed by atoms with van der Waals surface area (Å²) in [6.45, 7) is 4.30. The molecule has 0 N–H and O–H groups in total. The molecule has 0 radical (unpaired) electrons. The van der Waals surface area contributed by atoms with Gasteiger partial charge < -0.3 is 18.3 Å². The van der Waals surface area contributed by atoms with Gasteiger partial charge in [0, 0.05) is 89.6 Å². The molecule has 0 saturated heterocycles. The molecule has 12 nitrogen and oxygen atoms in total. The predicted molar refractivity (Wildman–Crippen MR) is 194 cm³/mol. The maximum Gasteiger partial charge on any atom is 0.261 e.